The van der Waals surface area contributed by atoms with Gasteiger partial charge in [-0.15, -0.1) is 0 Å². The fourth-order valence-electron chi connectivity index (χ4n) is 3.39. The van der Waals surface area contributed by atoms with Crippen molar-refractivity contribution >= 4 is 34.8 Å². The van der Waals surface area contributed by atoms with Gasteiger partial charge in [0.15, 0.2) is 10.4 Å². The van der Waals surface area contributed by atoms with Gasteiger partial charge >= 0.3 is 0 Å². The molecule has 0 bridgehead atoms. The zero-order valence-corrected chi connectivity index (χ0v) is 17.5. The summed E-state index contributed by atoms with van der Waals surface area (Å²) in [6.45, 7) is 6.01. The summed E-state index contributed by atoms with van der Waals surface area (Å²) < 4.78 is 4.16. The minimum atomic E-state index is -0.190. The summed E-state index contributed by atoms with van der Waals surface area (Å²) in [5, 5.41) is 8.24. The summed E-state index contributed by atoms with van der Waals surface area (Å²) in [7, 11) is 1.85. The van der Waals surface area contributed by atoms with E-state index in [0.29, 0.717) is 21.7 Å². The van der Waals surface area contributed by atoms with Crippen LogP contribution in [0.1, 0.15) is 41.5 Å². The molecule has 0 saturated carbocycles. The molecule has 7 nitrogen and oxygen atoms in total. The number of hydrogen-bond donors (Lipinski definition) is 2. The van der Waals surface area contributed by atoms with Crippen molar-refractivity contribution in [2.75, 3.05) is 5.32 Å². The second kappa shape index (κ2) is 7.29. The molecule has 2 N–H and O–H groups in total. The highest BCUT2D eigenvalue weighted by Gasteiger charge is 2.20. The zero-order valence-electron chi connectivity index (χ0n) is 16.7. The topological polar surface area (TPSA) is 80.5 Å². The predicted octanol–water partition coefficient (Wildman–Crippen LogP) is 4.50. The maximum absolute atomic E-state index is 13.2. The Morgan fingerprint density at radius 2 is 2.07 bits per heavy atom. The lowest BCUT2D eigenvalue weighted by molar-refractivity contribution is 0.102. The average Bonchev–Trinajstić information content (AvgIpc) is 3.24. The Morgan fingerprint density at radius 3 is 2.76 bits per heavy atom. The molecule has 4 aromatic rings. The first kappa shape index (κ1) is 19.1. The first-order valence-electron chi connectivity index (χ1n) is 9.37. The van der Waals surface area contributed by atoms with Gasteiger partial charge in [0.1, 0.15) is 0 Å². The van der Waals surface area contributed by atoms with Gasteiger partial charge in [0, 0.05) is 36.5 Å². The van der Waals surface area contributed by atoms with Crippen LogP contribution in [0.4, 0.5) is 5.69 Å². The van der Waals surface area contributed by atoms with Crippen molar-refractivity contribution in [3.8, 4) is 5.69 Å². The van der Waals surface area contributed by atoms with Crippen molar-refractivity contribution < 1.29 is 4.79 Å². The van der Waals surface area contributed by atoms with Crippen LogP contribution in [0.5, 0.6) is 0 Å². The van der Waals surface area contributed by atoms with Crippen LogP contribution in [0.15, 0.2) is 42.7 Å². The van der Waals surface area contributed by atoms with E-state index >= 15 is 0 Å². The van der Waals surface area contributed by atoms with Crippen molar-refractivity contribution in [2.24, 2.45) is 7.05 Å². The van der Waals surface area contributed by atoms with Gasteiger partial charge in [-0.2, -0.15) is 5.10 Å². The summed E-state index contributed by atoms with van der Waals surface area (Å²) >= 11 is 5.29. The van der Waals surface area contributed by atoms with Crippen LogP contribution >= 0.6 is 12.2 Å². The fraction of sp³-hybridized carbons (Fsp3) is 0.238. The number of nitrogens with one attached hydrogen (secondary N) is 2. The summed E-state index contributed by atoms with van der Waals surface area (Å²) in [5.74, 6) is 0.00478. The smallest absolute Gasteiger partial charge is 0.256 e. The molecule has 8 heteroatoms. The van der Waals surface area contributed by atoms with E-state index in [9.17, 15) is 4.79 Å². The van der Waals surface area contributed by atoms with Gasteiger partial charge in [0.25, 0.3) is 5.91 Å². The Kier molecular flexibility index (Phi) is 4.79. The molecule has 29 heavy (non-hydrogen) atoms. The highest BCUT2D eigenvalue weighted by molar-refractivity contribution is 7.71. The Hall–Kier alpha value is -3.26. The minimum Gasteiger partial charge on any atom is -0.337 e. The number of aryl methyl sites for hydroxylation is 2. The van der Waals surface area contributed by atoms with Crippen LogP contribution in [0.3, 0.4) is 0 Å². The molecule has 0 aliphatic heterocycles. The number of carbonyl (C=O) groups excluding carboxylic acids is 1. The molecule has 0 unspecified atom stereocenters. The van der Waals surface area contributed by atoms with Crippen LogP contribution in [0, 0.1) is 11.7 Å². The molecule has 1 aromatic carbocycles. The number of aromatic nitrogens is 5. The molecule has 4 rings (SSSR count). The molecule has 0 aliphatic rings. The highest BCUT2D eigenvalue weighted by Crippen LogP contribution is 2.26. The Labute approximate surface area is 173 Å². The van der Waals surface area contributed by atoms with Gasteiger partial charge in [0.05, 0.1) is 16.6 Å². The Morgan fingerprint density at radius 1 is 1.28 bits per heavy atom. The molecule has 148 valence electrons. The second-order valence-corrected chi connectivity index (χ2v) is 7.68. The summed E-state index contributed by atoms with van der Waals surface area (Å²) in [4.78, 5) is 20.9. The second-order valence-electron chi connectivity index (χ2n) is 7.30. The third-order valence-electron chi connectivity index (χ3n) is 4.86. The number of carbonyl (C=O) groups is 1. The summed E-state index contributed by atoms with van der Waals surface area (Å²) in [6.07, 6.45) is 3.63. The van der Waals surface area contributed by atoms with Gasteiger partial charge in [0.2, 0.25) is 0 Å². The number of H-pyrrole nitrogens is 1. The number of imidazole rings is 1. The average molecular weight is 407 g/mol. The van der Waals surface area contributed by atoms with Crippen molar-refractivity contribution in [1.29, 1.82) is 0 Å². The number of benzene rings is 1. The van der Waals surface area contributed by atoms with E-state index in [0.717, 1.165) is 22.5 Å². The maximum Gasteiger partial charge on any atom is 0.256 e. The fourth-order valence-corrected chi connectivity index (χ4v) is 3.63. The molecule has 3 aromatic heterocycles. The molecule has 0 radical (unpaired) electrons. The van der Waals surface area contributed by atoms with Gasteiger partial charge in [-0.1, -0.05) is 19.9 Å². The Balaban J connectivity index is 1.75. The predicted molar refractivity (Wildman–Crippen MR) is 116 cm³/mol. The quantitative estimate of drug-likeness (QED) is 0.489. The van der Waals surface area contributed by atoms with E-state index in [4.69, 9.17) is 17.2 Å². The number of fused-ring (bicyclic) bond motifs is 1. The number of hydrogen-bond acceptors (Lipinski definition) is 4. The van der Waals surface area contributed by atoms with Crippen molar-refractivity contribution in [1.82, 2.24) is 24.3 Å². The lowest BCUT2D eigenvalue weighted by Crippen LogP contribution is -2.14. The lowest BCUT2D eigenvalue weighted by Gasteiger charge is -2.12. The third-order valence-corrected chi connectivity index (χ3v) is 5.17. The molecule has 0 spiro atoms. The molecule has 3 heterocycles. The van der Waals surface area contributed by atoms with Gasteiger partial charge < -0.3 is 10.3 Å². The number of nitrogens with zero attached hydrogens (tertiary/aromatic N) is 4. The van der Waals surface area contributed by atoms with Crippen molar-refractivity contribution in [3.63, 3.8) is 0 Å². The van der Waals surface area contributed by atoms with Crippen LogP contribution in [-0.2, 0) is 7.05 Å². The van der Waals surface area contributed by atoms with Gasteiger partial charge in [-0.25, -0.2) is 4.98 Å². The Bertz CT molecular complexity index is 1280. The standard InChI is InChI=1S/C21H22N6OS/c1-12(2)17-11-16(18-13(3)25-26(4)19(18)24-17)20(28)23-14-6-5-7-15(10-14)27-9-8-22-21(27)29/h5-12H,1-4H3,(H,22,29)(H,23,28). The van der Waals surface area contributed by atoms with Crippen LogP contribution in [0.2, 0.25) is 0 Å². The van der Waals surface area contributed by atoms with E-state index < -0.39 is 0 Å². The summed E-state index contributed by atoms with van der Waals surface area (Å²) in [5.41, 5.74) is 4.49. The molecule has 0 atom stereocenters. The van der Waals surface area contributed by atoms with Crippen LogP contribution in [0.25, 0.3) is 16.7 Å². The largest absolute Gasteiger partial charge is 0.337 e. The van der Waals surface area contributed by atoms with Gasteiger partial charge in [-0.05, 0) is 49.3 Å². The SMILES string of the molecule is Cc1nn(C)c2nc(C(C)C)cc(C(=O)Nc3cccc(-n4cc[nH]c4=S)c3)c12. The minimum absolute atomic E-state index is 0.190. The number of pyridine rings is 1. The maximum atomic E-state index is 13.2. The first-order valence-corrected chi connectivity index (χ1v) is 9.78. The van der Waals surface area contributed by atoms with E-state index in [1.165, 1.54) is 0 Å². The lowest BCUT2D eigenvalue weighted by atomic mass is 10.0. The molecule has 0 saturated heterocycles. The number of rotatable bonds is 4. The number of aromatic amines is 1. The van der Waals surface area contributed by atoms with E-state index in [2.05, 4.69) is 29.2 Å². The number of amides is 1. The van der Waals surface area contributed by atoms with Gasteiger partial charge in [-0.3, -0.25) is 14.0 Å². The molecule has 0 fully saturated rings. The van der Waals surface area contributed by atoms with E-state index in [1.807, 2.05) is 55.1 Å². The monoisotopic (exact) mass is 406 g/mol. The van der Waals surface area contributed by atoms with Crippen molar-refractivity contribution in [2.45, 2.75) is 26.7 Å². The van der Waals surface area contributed by atoms with Crippen LogP contribution in [-0.4, -0.2) is 30.2 Å². The molecular formula is C21H22N6OS. The molecule has 1 amide bonds. The van der Waals surface area contributed by atoms with Crippen molar-refractivity contribution in [3.05, 3.63) is 64.4 Å². The highest BCUT2D eigenvalue weighted by atomic mass is 32.1. The number of anilines is 1. The zero-order chi connectivity index (χ0) is 20.7. The first-order chi connectivity index (χ1) is 13.8. The molecular weight excluding hydrogens is 384 g/mol. The van der Waals surface area contributed by atoms with Crippen LogP contribution < -0.4 is 5.32 Å². The van der Waals surface area contributed by atoms with E-state index in [1.54, 1.807) is 10.9 Å². The summed E-state index contributed by atoms with van der Waals surface area (Å²) in [6, 6.07) is 9.43. The third kappa shape index (κ3) is 3.47. The normalized spacial score (nSPS) is 11.3. The van der Waals surface area contributed by atoms with E-state index in [-0.39, 0.29) is 11.8 Å². The molecule has 0 aliphatic carbocycles.